The van der Waals surface area contributed by atoms with Crippen LogP contribution in [0.1, 0.15) is 32.1 Å². The van der Waals surface area contributed by atoms with Crippen LogP contribution in [0.15, 0.2) is 28.7 Å². The van der Waals surface area contributed by atoms with Crippen LogP contribution in [-0.2, 0) is 9.84 Å². The molecule has 2 aliphatic rings. The number of rotatable bonds is 3. The van der Waals surface area contributed by atoms with E-state index in [1.54, 1.807) is 0 Å². The van der Waals surface area contributed by atoms with Gasteiger partial charge in [0.25, 0.3) is 0 Å². The summed E-state index contributed by atoms with van der Waals surface area (Å²) in [6, 6.07) is 0. The summed E-state index contributed by atoms with van der Waals surface area (Å²) in [7, 11) is -3.19. The normalized spacial score (nSPS) is 24.4. The lowest BCUT2D eigenvalue weighted by molar-refractivity contribution is 0.565. The molecule has 0 saturated heterocycles. The van der Waals surface area contributed by atoms with Crippen LogP contribution in [0.3, 0.4) is 0 Å². The Hall–Kier alpha value is -1.10. The molecule has 1 aromatic rings. The minimum absolute atomic E-state index is 0.244. The van der Waals surface area contributed by atoms with E-state index >= 15 is 0 Å². The Kier molecular flexibility index (Phi) is 2.58. The molecule has 4 nitrogen and oxygen atoms in total. The van der Waals surface area contributed by atoms with Crippen LogP contribution in [0.4, 0.5) is 0 Å². The van der Waals surface area contributed by atoms with E-state index in [9.17, 15) is 8.42 Å². The molecular formula is C12H16N2O2S. The molecule has 1 unspecified atom stereocenters. The Morgan fingerprint density at radius 3 is 3.00 bits per heavy atom. The second kappa shape index (κ2) is 3.98. The average molecular weight is 252 g/mol. The van der Waals surface area contributed by atoms with Crippen molar-refractivity contribution in [3.63, 3.8) is 0 Å². The van der Waals surface area contributed by atoms with E-state index in [2.05, 4.69) is 9.97 Å². The molecule has 0 aliphatic heterocycles. The van der Waals surface area contributed by atoms with Gasteiger partial charge in [0.1, 0.15) is 0 Å². The third-order valence-corrected chi connectivity index (χ3v) is 5.63. The first-order valence-corrected chi connectivity index (χ1v) is 7.74. The van der Waals surface area contributed by atoms with Gasteiger partial charge in [-0.3, -0.25) is 0 Å². The van der Waals surface area contributed by atoms with Gasteiger partial charge in [-0.2, -0.15) is 0 Å². The summed E-state index contributed by atoms with van der Waals surface area (Å²) in [5.41, 5.74) is 2.97. The molecule has 0 radical (unpaired) electrons. The zero-order valence-electron chi connectivity index (χ0n) is 9.65. The SMILES string of the molecule is O=S(=O)(CC1CCC2=C1CCC2)c1cnc[nH]1. The molecule has 0 fully saturated rings. The quantitative estimate of drug-likeness (QED) is 0.838. The molecule has 1 aromatic heterocycles. The third-order valence-electron chi connectivity index (χ3n) is 3.89. The van der Waals surface area contributed by atoms with Crippen LogP contribution < -0.4 is 0 Å². The predicted molar refractivity (Wildman–Crippen MR) is 64.2 cm³/mol. The number of nitrogens with zero attached hydrogens (tertiary/aromatic N) is 1. The van der Waals surface area contributed by atoms with Crippen molar-refractivity contribution >= 4 is 9.84 Å². The Labute approximate surface area is 101 Å². The van der Waals surface area contributed by atoms with Crippen LogP contribution >= 0.6 is 0 Å². The third kappa shape index (κ3) is 1.92. The first-order valence-electron chi connectivity index (χ1n) is 6.09. The molecule has 0 bridgehead atoms. The summed E-state index contributed by atoms with van der Waals surface area (Å²) in [4.78, 5) is 6.48. The number of aromatic nitrogens is 2. The highest BCUT2D eigenvalue weighted by Crippen LogP contribution is 2.43. The van der Waals surface area contributed by atoms with Crippen molar-refractivity contribution in [3.05, 3.63) is 23.7 Å². The summed E-state index contributed by atoms with van der Waals surface area (Å²) >= 11 is 0. The van der Waals surface area contributed by atoms with Gasteiger partial charge in [-0.1, -0.05) is 11.1 Å². The van der Waals surface area contributed by atoms with Gasteiger partial charge in [0, 0.05) is 0 Å². The monoisotopic (exact) mass is 252 g/mol. The predicted octanol–water partition coefficient (Wildman–Crippen LogP) is 2.07. The highest BCUT2D eigenvalue weighted by atomic mass is 32.2. The molecule has 0 amide bonds. The van der Waals surface area contributed by atoms with Crippen LogP contribution in [0.5, 0.6) is 0 Å². The molecule has 1 N–H and O–H groups in total. The molecule has 92 valence electrons. The summed E-state index contributed by atoms with van der Waals surface area (Å²) < 4.78 is 24.3. The number of allylic oxidation sites excluding steroid dienone is 2. The van der Waals surface area contributed by atoms with Gasteiger partial charge >= 0.3 is 0 Å². The molecular weight excluding hydrogens is 236 g/mol. The lowest BCUT2D eigenvalue weighted by Gasteiger charge is -2.12. The summed E-state index contributed by atoms with van der Waals surface area (Å²) in [5.74, 6) is 0.495. The minimum atomic E-state index is -3.19. The van der Waals surface area contributed by atoms with E-state index in [-0.39, 0.29) is 16.7 Å². The number of aromatic amines is 1. The lowest BCUT2D eigenvalue weighted by atomic mass is 10.0. The number of sulfone groups is 1. The fourth-order valence-corrected chi connectivity index (χ4v) is 4.61. The first-order chi connectivity index (χ1) is 8.17. The average Bonchev–Trinajstić information content (AvgIpc) is 2.93. The Bertz CT molecular complexity index is 543. The van der Waals surface area contributed by atoms with E-state index in [0.29, 0.717) is 0 Å². The number of hydrogen-bond donors (Lipinski definition) is 1. The van der Waals surface area contributed by atoms with E-state index in [1.165, 1.54) is 36.5 Å². The summed E-state index contributed by atoms with van der Waals surface area (Å²) in [5, 5.41) is 0.254. The number of hydrogen-bond acceptors (Lipinski definition) is 3. The fourth-order valence-electron chi connectivity index (χ4n) is 3.08. The molecule has 1 atom stereocenters. The fraction of sp³-hybridized carbons (Fsp3) is 0.583. The van der Waals surface area contributed by atoms with Crippen LogP contribution in [-0.4, -0.2) is 24.1 Å². The highest BCUT2D eigenvalue weighted by Gasteiger charge is 2.32. The summed E-state index contributed by atoms with van der Waals surface area (Å²) in [6.07, 6.45) is 8.45. The molecule has 2 aliphatic carbocycles. The number of H-pyrrole nitrogens is 1. The highest BCUT2D eigenvalue weighted by molar-refractivity contribution is 7.91. The second-order valence-corrected chi connectivity index (χ2v) is 6.92. The molecule has 5 heteroatoms. The van der Waals surface area contributed by atoms with Gasteiger partial charge in [-0.05, 0) is 38.0 Å². The van der Waals surface area contributed by atoms with Crippen molar-refractivity contribution in [1.29, 1.82) is 0 Å². The summed E-state index contributed by atoms with van der Waals surface area (Å²) in [6.45, 7) is 0. The maximum atomic E-state index is 12.1. The zero-order chi connectivity index (χ0) is 11.9. The van der Waals surface area contributed by atoms with Crippen molar-refractivity contribution in [3.8, 4) is 0 Å². The van der Waals surface area contributed by atoms with Gasteiger partial charge in [0.15, 0.2) is 14.9 Å². The van der Waals surface area contributed by atoms with Crippen molar-refractivity contribution in [2.45, 2.75) is 37.1 Å². The van der Waals surface area contributed by atoms with Gasteiger partial charge in [0.05, 0.1) is 18.3 Å². The largest absolute Gasteiger partial charge is 0.336 e. The van der Waals surface area contributed by atoms with Crippen LogP contribution in [0.2, 0.25) is 0 Å². The van der Waals surface area contributed by atoms with Crippen molar-refractivity contribution < 1.29 is 8.42 Å². The Morgan fingerprint density at radius 1 is 1.35 bits per heavy atom. The van der Waals surface area contributed by atoms with E-state index in [0.717, 1.165) is 19.3 Å². The van der Waals surface area contributed by atoms with Gasteiger partial charge in [-0.25, -0.2) is 13.4 Å². The first kappa shape index (κ1) is 11.0. The second-order valence-electron chi connectivity index (χ2n) is 4.92. The topological polar surface area (TPSA) is 62.8 Å². The van der Waals surface area contributed by atoms with E-state index in [4.69, 9.17) is 0 Å². The Balaban J connectivity index is 1.81. The van der Waals surface area contributed by atoms with Crippen molar-refractivity contribution in [1.82, 2.24) is 9.97 Å². The molecule has 0 aromatic carbocycles. The van der Waals surface area contributed by atoms with Gasteiger partial charge in [-0.15, -0.1) is 0 Å². The molecule has 0 saturated carbocycles. The lowest BCUT2D eigenvalue weighted by Crippen LogP contribution is -2.16. The maximum Gasteiger partial charge on any atom is 0.195 e. The van der Waals surface area contributed by atoms with Crippen molar-refractivity contribution in [2.24, 2.45) is 5.92 Å². The van der Waals surface area contributed by atoms with Gasteiger partial charge in [0.2, 0.25) is 0 Å². The van der Waals surface area contributed by atoms with Crippen molar-refractivity contribution in [2.75, 3.05) is 5.75 Å². The zero-order valence-corrected chi connectivity index (χ0v) is 10.5. The van der Waals surface area contributed by atoms with E-state index in [1.807, 2.05) is 0 Å². The standard InChI is InChI=1S/C12H16N2O2S/c15-17(16,12-6-13-8-14-12)7-10-5-4-9-2-1-3-11(9)10/h6,8,10H,1-5,7H2,(H,13,14). The van der Waals surface area contributed by atoms with Crippen LogP contribution in [0, 0.1) is 5.92 Å². The molecule has 0 spiro atoms. The number of imidazole rings is 1. The molecule has 3 rings (SSSR count). The maximum absolute atomic E-state index is 12.1. The van der Waals surface area contributed by atoms with E-state index < -0.39 is 9.84 Å². The van der Waals surface area contributed by atoms with Gasteiger partial charge < -0.3 is 4.98 Å². The minimum Gasteiger partial charge on any atom is -0.336 e. The Morgan fingerprint density at radius 2 is 2.24 bits per heavy atom. The molecule has 1 heterocycles. The molecule has 17 heavy (non-hydrogen) atoms. The van der Waals surface area contributed by atoms with Crippen LogP contribution in [0.25, 0.3) is 0 Å². The smallest absolute Gasteiger partial charge is 0.195 e. The number of nitrogens with one attached hydrogen (secondary N) is 1.